The molecule has 7 nitrogen and oxygen atoms in total. The number of hydrogen-bond donors (Lipinski definition) is 1. The second-order valence-corrected chi connectivity index (χ2v) is 6.05. The molecule has 12 heavy (non-hydrogen) atoms. The number of hydrogen-bond acceptors (Lipinski definition) is 7. The average Bonchev–Trinajstić information content (AvgIpc) is 1.58. The van der Waals surface area contributed by atoms with Crippen LogP contribution in [-0.4, -0.2) is 10.2 Å². The average molecular weight is 257 g/mol. The fraction of sp³-hybridized carbons (Fsp3) is 1.00. The van der Waals surface area contributed by atoms with Crippen LogP contribution in [0, 0.1) is 0 Å². The molecule has 0 rings (SSSR count). The van der Waals surface area contributed by atoms with E-state index in [4.69, 9.17) is 5.11 Å². The standard InChI is InChI=1S/C2H8O7P2.Mn/c1-2(3,10(4,5)6)11(7,8)9;/h3H,1H3,(H2,4,5,6)(H2,7,8,9);/p-4. The molecule has 0 amide bonds. The summed E-state index contributed by atoms with van der Waals surface area (Å²) < 4.78 is 19.9. The fourth-order valence-electron chi connectivity index (χ4n) is 0.150. The van der Waals surface area contributed by atoms with Crippen molar-refractivity contribution in [2.24, 2.45) is 0 Å². The van der Waals surface area contributed by atoms with E-state index in [1.54, 1.807) is 0 Å². The first kappa shape index (κ1) is 15.3. The SMILES string of the molecule is CC(O)(P(=O)([O-])[O-])P(=O)([O-])[O-].[Mn]. The molecule has 0 aliphatic heterocycles. The Balaban J connectivity index is 0. The predicted molar refractivity (Wildman–Crippen MR) is 25.8 cm³/mol. The van der Waals surface area contributed by atoms with Crippen LogP contribution < -0.4 is 19.6 Å². The Morgan fingerprint density at radius 1 is 1.08 bits per heavy atom. The summed E-state index contributed by atoms with van der Waals surface area (Å²) in [5.74, 6) is 0. The molecule has 0 spiro atoms. The molecule has 0 aliphatic rings. The van der Waals surface area contributed by atoms with Crippen LogP contribution in [0.5, 0.6) is 0 Å². The molecule has 75 valence electrons. The van der Waals surface area contributed by atoms with E-state index in [9.17, 15) is 28.7 Å². The third kappa shape index (κ3) is 2.92. The normalized spacial score (nSPS) is 13.8. The minimum atomic E-state index is -5.82. The fourth-order valence-corrected chi connectivity index (χ4v) is 1.35. The third-order valence-electron chi connectivity index (χ3n) is 1.04. The van der Waals surface area contributed by atoms with Gasteiger partial charge in [-0.15, -0.1) is 0 Å². The van der Waals surface area contributed by atoms with Gasteiger partial charge in [-0.3, -0.25) is 0 Å². The van der Waals surface area contributed by atoms with Crippen LogP contribution >= 0.6 is 15.2 Å². The Morgan fingerprint density at radius 2 is 1.25 bits per heavy atom. The van der Waals surface area contributed by atoms with E-state index < -0.39 is 20.3 Å². The first-order chi connectivity index (χ1) is 4.50. The Labute approximate surface area is 78.6 Å². The van der Waals surface area contributed by atoms with Gasteiger partial charge in [-0.25, -0.2) is 0 Å². The molecular formula is C2H4MnO7P2-4. The van der Waals surface area contributed by atoms with Crippen LogP contribution in [0.3, 0.4) is 0 Å². The molecule has 0 aromatic heterocycles. The zero-order valence-electron chi connectivity index (χ0n) is 5.67. The van der Waals surface area contributed by atoms with Gasteiger partial charge in [0.1, 0.15) is 5.08 Å². The summed E-state index contributed by atoms with van der Waals surface area (Å²) in [5.41, 5.74) is 0. The summed E-state index contributed by atoms with van der Waals surface area (Å²) in [7, 11) is -11.6. The van der Waals surface area contributed by atoms with Crippen molar-refractivity contribution < 1.29 is 50.9 Å². The van der Waals surface area contributed by atoms with E-state index in [1.165, 1.54) is 0 Å². The molecule has 1 N–H and O–H groups in total. The van der Waals surface area contributed by atoms with Crippen molar-refractivity contribution in [3.05, 3.63) is 0 Å². The van der Waals surface area contributed by atoms with Gasteiger partial charge in [-0.1, -0.05) is 0 Å². The minimum Gasteiger partial charge on any atom is -0.808 e. The van der Waals surface area contributed by atoms with Crippen LogP contribution in [0.1, 0.15) is 6.92 Å². The number of aliphatic hydroxyl groups is 1. The molecule has 0 fully saturated rings. The quantitative estimate of drug-likeness (QED) is 0.398. The molecule has 0 unspecified atom stereocenters. The molecule has 0 bridgehead atoms. The zero-order valence-corrected chi connectivity index (χ0v) is 8.64. The molecule has 0 aromatic rings. The van der Waals surface area contributed by atoms with Crippen molar-refractivity contribution >= 4 is 15.2 Å². The summed E-state index contributed by atoms with van der Waals surface area (Å²) in [5, 5.41) is 4.68. The van der Waals surface area contributed by atoms with Gasteiger partial charge in [0, 0.05) is 17.1 Å². The summed E-state index contributed by atoms with van der Waals surface area (Å²) in [4.78, 5) is 39.8. The van der Waals surface area contributed by atoms with Gasteiger partial charge < -0.3 is 33.8 Å². The van der Waals surface area contributed by atoms with Gasteiger partial charge in [-0.2, -0.15) is 0 Å². The van der Waals surface area contributed by atoms with Gasteiger partial charge >= 0.3 is 0 Å². The summed E-state index contributed by atoms with van der Waals surface area (Å²) in [6, 6.07) is 0. The van der Waals surface area contributed by atoms with Crippen LogP contribution in [0.15, 0.2) is 0 Å². The third-order valence-corrected chi connectivity index (χ3v) is 4.58. The Bertz CT molecular complexity index is 212. The van der Waals surface area contributed by atoms with E-state index in [0.717, 1.165) is 0 Å². The number of rotatable bonds is 2. The smallest absolute Gasteiger partial charge is 0.114 e. The van der Waals surface area contributed by atoms with Crippen molar-refractivity contribution in [1.29, 1.82) is 0 Å². The molecule has 0 saturated heterocycles. The van der Waals surface area contributed by atoms with Gasteiger partial charge in [0.25, 0.3) is 0 Å². The van der Waals surface area contributed by atoms with Crippen molar-refractivity contribution in [1.82, 2.24) is 0 Å². The Kier molecular flexibility index (Phi) is 4.94. The predicted octanol–water partition coefficient (Wildman–Crippen LogP) is -3.52. The molecule has 0 heterocycles. The van der Waals surface area contributed by atoms with E-state index in [1.807, 2.05) is 0 Å². The van der Waals surface area contributed by atoms with Crippen molar-refractivity contribution in [3.63, 3.8) is 0 Å². The van der Waals surface area contributed by atoms with E-state index in [0.29, 0.717) is 0 Å². The molecule has 10 heteroatoms. The monoisotopic (exact) mass is 257 g/mol. The maximum atomic E-state index is 9.95. The molecule has 0 atom stereocenters. The van der Waals surface area contributed by atoms with Crippen molar-refractivity contribution in [2.75, 3.05) is 0 Å². The second kappa shape index (κ2) is 3.88. The van der Waals surface area contributed by atoms with Crippen LogP contribution in [-0.2, 0) is 26.2 Å². The van der Waals surface area contributed by atoms with Crippen molar-refractivity contribution in [3.8, 4) is 0 Å². The topological polar surface area (TPSA) is 147 Å². The van der Waals surface area contributed by atoms with Crippen LogP contribution in [0.4, 0.5) is 0 Å². The molecule has 1 radical (unpaired) electrons. The molecule has 0 saturated carbocycles. The molecule has 0 aromatic carbocycles. The first-order valence-electron chi connectivity index (χ1n) is 2.27. The first-order valence-corrected chi connectivity index (χ1v) is 5.35. The van der Waals surface area contributed by atoms with Crippen LogP contribution in [0.2, 0.25) is 0 Å². The zero-order chi connectivity index (χ0) is 9.50. The summed E-state index contributed by atoms with van der Waals surface area (Å²) in [6.07, 6.45) is 0. The second-order valence-electron chi connectivity index (χ2n) is 1.97. The summed E-state index contributed by atoms with van der Waals surface area (Å²) in [6.45, 7) is 0.133. The minimum absolute atomic E-state index is 0. The van der Waals surface area contributed by atoms with E-state index in [2.05, 4.69) is 0 Å². The molecular weight excluding hydrogens is 253 g/mol. The molecule has 0 aliphatic carbocycles. The Hall–Kier alpha value is 0.779. The summed E-state index contributed by atoms with van der Waals surface area (Å²) >= 11 is 0. The largest absolute Gasteiger partial charge is 0.808 e. The Morgan fingerprint density at radius 3 is 1.25 bits per heavy atom. The van der Waals surface area contributed by atoms with Gasteiger partial charge in [0.15, 0.2) is 0 Å². The maximum Gasteiger partial charge on any atom is 0.114 e. The van der Waals surface area contributed by atoms with E-state index in [-0.39, 0.29) is 24.0 Å². The van der Waals surface area contributed by atoms with Crippen molar-refractivity contribution in [2.45, 2.75) is 12.0 Å². The van der Waals surface area contributed by atoms with Crippen LogP contribution in [0.25, 0.3) is 0 Å². The van der Waals surface area contributed by atoms with Gasteiger partial charge in [-0.05, 0) is 22.1 Å². The van der Waals surface area contributed by atoms with E-state index >= 15 is 0 Å². The maximum absolute atomic E-state index is 9.95. The van der Waals surface area contributed by atoms with Gasteiger partial charge in [0.2, 0.25) is 0 Å². The van der Waals surface area contributed by atoms with Gasteiger partial charge in [0.05, 0.1) is 0 Å².